The second-order valence-corrected chi connectivity index (χ2v) is 7.07. The van der Waals surface area contributed by atoms with Crippen LogP contribution >= 0.6 is 0 Å². The number of nitrogens with zero attached hydrogens (tertiary/aromatic N) is 1. The maximum atomic E-state index is 12.5. The standard InChI is InChI=1S/C19H24N4O2/c1-11(2)10-16-12(3)22-23-17(16)21-19(25)14-6-8-15(9-7-14)20-18(24)13-4-5-13/h6-9,11,13H,4-5,10H2,1-3H3,(H,20,24)(H2,21,22,23,25). The SMILES string of the molecule is Cc1[nH]nc(NC(=O)c2ccc(NC(=O)C3CC3)cc2)c1CC(C)C. The average molecular weight is 340 g/mol. The Morgan fingerprint density at radius 1 is 1.20 bits per heavy atom. The van der Waals surface area contributed by atoms with Crippen molar-refractivity contribution in [3.63, 3.8) is 0 Å². The summed E-state index contributed by atoms with van der Waals surface area (Å²) in [5.74, 6) is 1.06. The summed E-state index contributed by atoms with van der Waals surface area (Å²) in [5.41, 5.74) is 3.25. The van der Waals surface area contributed by atoms with Crippen molar-refractivity contribution in [3.8, 4) is 0 Å². The number of aryl methyl sites for hydroxylation is 1. The summed E-state index contributed by atoms with van der Waals surface area (Å²) in [7, 11) is 0. The maximum absolute atomic E-state index is 12.5. The lowest BCUT2D eigenvalue weighted by Gasteiger charge is -2.09. The Kier molecular flexibility index (Phi) is 4.88. The van der Waals surface area contributed by atoms with E-state index in [0.717, 1.165) is 30.5 Å². The molecule has 0 unspecified atom stereocenters. The summed E-state index contributed by atoms with van der Waals surface area (Å²) in [6, 6.07) is 6.92. The van der Waals surface area contributed by atoms with Crippen LogP contribution in [0.3, 0.4) is 0 Å². The minimum absolute atomic E-state index is 0.0579. The van der Waals surface area contributed by atoms with Crippen LogP contribution in [0.1, 0.15) is 48.3 Å². The fraction of sp³-hybridized carbons (Fsp3) is 0.421. The number of H-pyrrole nitrogens is 1. The zero-order valence-electron chi connectivity index (χ0n) is 14.8. The molecule has 0 atom stereocenters. The number of rotatable bonds is 6. The summed E-state index contributed by atoms with van der Waals surface area (Å²) >= 11 is 0. The van der Waals surface area contributed by atoms with Gasteiger partial charge in [-0.15, -0.1) is 0 Å². The van der Waals surface area contributed by atoms with Crippen LogP contribution in [0.4, 0.5) is 11.5 Å². The second kappa shape index (κ2) is 7.09. The summed E-state index contributed by atoms with van der Waals surface area (Å²) in [5, 5.41) is 12.9. The molecular formula is C19H24N4O2. The highest BCUT2D eigenvalue weighted by molar-refractivity contribution is 6.04. The third-order valence-electron chi connectivity index (χ3n) is 4.28. The van der Waals surface area contributed by atoms with E-state index in [1.165, 1.54) is 0 Å². The van der Waals surface area contributed by atoms with Gasteiger partial charge >= 0.3 is 0 Å². The van der Waals surface area contributed by atoms with E-state index < -0.39 is 0 Å². The lowest BCUT2D eigenvalue weighted by molar-refractivity contribution is -0.117. The number of nitrogens with one attached hydrogen (secondary N) is 3. The predicted molar refractivity (Wildman–Crippen MR) is 97.6 cm³/mol. The molecule has 1 aromatic heterocycles. The molecule has 0 radical (unpaired) electrons. The molecule has 1 aliphatic carbocycles. The minimum Gasteiger partial charge on any atom is -0.326 e. The van der Waals surface area contributed by atoms with Crippen molar-refractivity contribution in [2.45, 2.75) is 40.0 Å². The van der Waals surface area contributed by atoms with Crippen LogP contribution in [0.25, 0.3) is 0 Å². The Hall–Kier alpha value is -2.63. The van der Waals surface area contributed by atoms with Crippen LogP contribution in [0.15, 0.2) is 24.3 Å². The molecule has 2 amide bonds. The first-order chi connectivity index (χ1) is 11.9. The monoisotopic (exact) mass is 340 g/mol. The van der Waals surface area contributed by atoms with Gasteiger partial charge in [0.1, 0.15) is 0 Å². The molecule has 3 rings (SSSR count). The van der Waals surface area contributed by atoms with Crippen molar-refractivity contribution in [2.24, 2.45) is 11.8 Å². The number of hydrogen-bond donors (Lipinski definition) is 3. The molecule has 1 aromatic carbocycles. The fourth-order valence-corrected chi connectivity index (χ4v) is 2.69. The minimum atomic E-state index is -0.212. The zero-order chi connectivity index (χ0) is 18.0. The van der Waals surface area contributed by atoms with Crippen molar-refractivity contribution < 1.29 is 9.59 Å². The summed E-state index contributed by atoms with van der Waals surface area (Å²) < 4.78 is 0. The molecule has 1 fully saturated rings. The summed E-state index contributed by atoms with van der Waals surface area (Å²) in [6.07, 6.45) is 2.78. The van der Waals surface area contributed by atoms with E-state index in [0.29, 0.717) is 23.0 Å². The van der Waals surface area contributed by atoms with E-state index in [1.54, 1.807) is 24.3 Å². The smallest absolute Gasteiger partial charge is 0.256 e. The molecular weight excluding hydrogens is 316 g/mol. The Morgan fingerprint density at radius 3 is 2.48 bits per heavy atom. The highest BCUT2D eigenvalue weighted by Crippen LogP contribution is 2.30. The Balaban J connectivity index is 1.66. The molecule has 132 valence electrons. The molecule has 2 aromatic rings. The van der Waals surface area contributed by atoms with Crippen molar-refractivity contribution >= 4 is 23.3 Å². The Bertz CT molecular complexity index is 773. The van der Waals surface area contributed by atoms with Crippen molar-refractivity contribution in [1.82, 2.24) is 10.2 Å². The van der Waals surface area contributed by atoms with Crippen LogP contribution < -0.4 is 10.6 Å². The fourth-order valence-electron chi connectivity index (χ4n) is 2.69. The molecule has 1 aliphatic rings. The second-order valence-electron chi connectivity index (χ2n) is 7.07. The van der Waals surface area contributed by atoms with Gasteiger partial charge < -0.3 is 10.6 Å². The first-order valence-electron chi connectivity index (χ1n) is 8.70. The molecule has 6 nitrogen and oxygen atoms in total. The quantitative estimate of drug-likeness (QED) is 0.752. The Labute approximate surface area is 147 Å². The van der Waals surface area contributed by atoms with Crippen molar-refractivity contribution in [2.75, 3.05) is 10.6 Å². The average Bonchev–Trinajstić information content (AvgIpc) is 3.37. The molecule has 0 spiro atoms. The molecule has 3 N–H and O–H groups in total. The normalized spacial score (nSPS) is 13.8. The van der Waals surface area contributed by atoms with Gasteiger partial charge in [0, 0.05) is 28.4 Å². The van der Waals surface area contributed by atoms with Gasteiger partial charge in [-0.05, 0) is 56.4 Å². The van der Waals surface area contributed by atoms with Crippen LogP contribution in [-0.4, -0.2) is 22.0 Å². The highest BCUT2D eigenvalue weighted by Gasteiger charge is 2.29. The van der Waals surface area contributed by atoms with Gasteiger partial charge in [-0.1, -0.05) is 13.8 Å². The number of carbonyl (C=O) groups excluding carboxylic acids is 2. The van der Waals surface area contributed by atoms with Crippen LogP contribution in [0.5, 0.6) is 0 Å². The summed E-state index contributed by atoms with van der Waals surface area (Å²) in [6.45, 7) is 6.22. The molecule has 0 bridgehead atoms. The molecule has 1 saturated carbocycles. The van der Waals surface area contributed by atoms with Crippen molar-refractivity contribution in [3.05, 3.63) is 41.1 Å². The number of anilines is 2. The zero-order valence-corrected chi connectivity index (χ0v) is 14.8. The number of benzene rings is 1. The number of aromatic amines is 1. The van der Waals surface area contributed by atoms with Gasteiger partial charge in [0.2, 0.25) is 5.91 Å². The van der Waals surface area contributed by atoms with E-state index >= 15 is 0 Å². The van der Waals surface area contributed by atoms with Gasteiger partial charge in [-0.25, -0.2) is 0 Å². The van der Waals surface area contributed by atoms with Gasteiger partial charge in [-0.3, -0.25) is 14.7 Å². The molecule has 6 heteroatoms. The summed E-state index contributed by atoms with van der Waals surface area (Å²) in [4.78, 5) is 24.2. The maximum Gasteiger partial charge on any atom is 0.256 e. The third kappa shape index (κ3) is 4.26. The first-order valence-corrected chi connectivity index (χ1v) is 8.70. The van der Waals surface area contributed by atoms with Gasteiger partial charge in [0.15, 0.2) is 5.82 Å². The van der Waals surface area contributed by atoms with E-state index in [-0.39, 0.29) is 17.7 Å². The molecule has 25 heavy (non-hydrogen) atoms. The topological polar surface area (TPSA) is 86.9 Å². The van der Waals surface area contributed by atoms with E-state index in [4.69, 9.17) is 0 Å². The van der Waals surface area contributed by atoms with Crippen molar-refractivity contribution in [1.29, 1.82) is 0 Å². The lowest BCUT2D eigenvalue weighted by atomic mass is 10.0. The van der Waals surface area contributed by atoms with Crippen LogP contribution in [0, 0.1) is 18.8 Å². The number of carbonyl (C=O) groups is 2. The third-order valence-corrected chi connectivity index (χ3v) is 4.28. The predicted octanol–water partition coefficient (Wildman–Crippen LogP) is 3.52. The number of aromatic nitrogens is 2. The van der Waals surface area contributed by atoms with Gasteiger partial charge in [0.25, 0.3) is 5.91 Å². The van der Waals surface area contributed by atoms with E-state index in [9.17, 15) is 9.59 Å². The van der Waals surface area contributed by atoms with Gasteiger partial charge in [0.05, 0.1) is 0 Å². The Morgan fingerprint density at radius 2 is 1.88 bits per heavy atom. The van der Waals surface area contributed by atoms with E-state index in [2.05, 4.69) is 34.7 Å². The number of hydrogen-bond acceptors (Lipinski definition) is 3. The van der Waals surface area contributed by atoms with Crippen LogP contribution in [0.2, 0.25) is 0 Å². The van der Waals surface area contributed by atoms with Crippen LogP contribution in [-0.2, 0) is 11.2 Å². The molecule has 1 heterocycles. The first kappa shape index (κ1) is 17.2. The lowest BCUT2D eigenvalue weighted by Crippen LogP contribution is -2.15. The molecule has 0 aliphatic heterocycles. The number of amides is 2. The van der Waals surface area contributed by atoms with E-state index in [1.807, 2.05) is 6.92 Å². The van der Waals surface area contributed by atoms with Gasteiger partial charge in [-0.2, -0.15) is 5.10 Å². The molecule has 0 saturated heterocycles. The largest absolute Gasteiger partial charge is 0.326 e. The highest BCUT2D eigenvalue weighted by atomic mass is 16.2.